The Kier molecular flexibility index (Phi) is 3.58. The van der Waals surface area contributed by atoms with Gasteiger partial charge in [0.2, 0.25) is 0 Å². The maximum atomic E-state index is 11.1. The van der Waals surface area contributed by atoms with Gasteiger partial charge in [-0.1, -0.05) is 6.08 Å². The monoisotopic (exact) mass is 309 g/mol. The molecular weight excluding hydrogens is 286 g/mol. The largest absolute Gasteiger partial charge is 0.399 e. The molecular formula is C19H23N3O. The van der Waals surface area contributed by atoms with E-state index in [9.17, 15) is 5.11 Å². The summed E-state index contributed by atoms with van der Waals surface area (Å²) in [4.78, 5) is 6.82. The van der Waals surface area contributed by atoms with Crippen molar-refractivity contribution >= 4 is 16.6 Å². The molecule has 3 fully saturated rings. The van der Waals surface area contributed by atoms with Gasteiger partial charge in [0.05, 0.1) is 11.6 Å². The lowest BCUT2D eigenvalue weighted by atomic mass is 9.73. The molecule has 4 heteroatoms. The molecule has 23 heavy (non-hydrogen) atoms. The normalized spacial score (nSPS) is 31.2. The van der Waals surface area contributed by atoms with E-state index in [1.165, 1.54) is 6.42 Å². The molecule has 4 heterocycles. The van der Waals surface area contributed by atoms with Gasteiger partial charge in [0.1, 0.15) is 0 Å². The molecule has 3 N–H and O–H groups in total. The molecule has 0 amide bonds. The first-order valence-corrected chi connectivity index (χ1v) is 8.36. The molecule has 2 bridgehead atoms. The summed E-state index contributed by atoms with van der Waals surface area (Å²) in [5.74, 6) is 1.22. The zero-order valence-corrected chi connectivity index (χ0v) is 13.2. The number of nitrogens with two attached hydrogens (primary N) is 1. The number of aliphatic hydroxyl groups excluding tert-OH is 1. The molecule has 120 valence electrons. The van der Waals surface area contributed by atoms with E-state index in [0.29, 0.717) is 17.5 Å². The van der Waals surface area contributed by atoms with Crippen LogP contribution in [-0.4, -0.2) is 34.1 Å². The fraction of sp³-hybridized carbons (Fsp3) is 0.421. The average molecular weight is 309 g/mol. The number of benzene rings is 1. The lowest BCUT2D eigenvalue weighted by Gasteiger charge is -2.50. The summed E-state index contributed by atoms with van der Waals surface area (Å²) >= 11 is 0. The van der Waals surface area contributed by atoms with Crippen molar-refractivity contribution in [2.24, 2.45) is 11.8 Å². The predicted octanol–water partition coefficient (Wildman–Crippen LogP) is 2.75. The molecule has 2 aromatic rings. The number of anilines is 1. The maximum absolute atomic E-state index is 11.1. The number of pyridine rings is 1. The van der Waals surface area contributed by atoms with Crippen LogP contribution in [0.4, 0.5) is 5.69 Å². The minimum Gasteiger partial charge on any atom is -0.399 e. The minimum absolute atomic E-state index is 0.178. The van der Waals surface area contributed by atoms with Crippen LogP contribution in [0.5, 0.6) is 0 Å². The topological polar surface area (TPSA) is 62.4 Å². The molecule has 0 radical (unpaired) electrons. The van der Waals surface area contributed by atoms with Crippen LogP contribution >= 0.6 is 0 Å². The van der Waals surface area contributed by atoms with E-state index in [2.05, 4.69) is 22.5 Å². The van der Waals surface area contributed by atoms with Crippen LogP contribution < -0.4 is 5.73 Å². The molecule has 0 aliphatic carbocycles. The lowest BCUT2D eigenvalue weighted by Crippen LogP contribution is -2.54. The number of hydrogen-bond acceptors (Lipinski definition) is 4. The van der Waals surface area contributed by atoms with Crippen LogP contribution in [0, 0.1) is 11.8 Å². The highest BCUT2D eigenvalue weighted by Crippen LogP contribution is 2.42. The molecule has 3 unspecified atom stereocenters. The Hall–Kier alpha value is -1.91. The van der Waals surface area contributed by atoms with Gasteiger partial charge < -0.3 is 10.8 Å². The molecule has 3 saturated heterocycles. The van der Waals surface area contributed by atoms with Crippen LogP contribution in [0.3, 0.4) is 0 Å². The van der Waals surface area contributed by atoms with Gasteiger partial charge in [-0.3, -0.25) is 9.88 Å². The summed E-state index contributed by atoms with van der Waals surface area (Å²) in [6.07, 6.45) is 5.60. The SMILES string of the molecule is C=CC1CN2CC[C@H]1CC2[C@@H](O)c1ccnc2ccc(N)cc12. The summed E-state index contributed by atoms with van der Waals surface area (Å²) in [6.45, 7) is 6.06. The van der Waals surface area contributed by atoms with Gasteiger partial charge in [-0.2, -0.15) is 0 Å². The number of hydrogen-bond donors (Lipinski definition) is 2. The second-order valence-corrected chi connectivity index (χ2v) is 6.87. The Bertz CT molecular complexity index is 744. The molecule has 1 aromatic carbocycles. The van der Waals surface area contributed by atoms with Crippen molar-refractivity contribution in [2.45, 2.75) is 25.0 Å². The first-order chi connectivity index (χ1) is 11.2. The van der Waals surface area contributed by atoms with Crippen molar-refractivity contribution in [3.8, 4) is 0 Å². The summed E-state index contributed by atoms with van der Waals surface area (Å²) < 4.78 is 0. The van der Waals surface area contributed by atoms with Crippen molar-refractivity contribution in [2.75, 3.05) is 18.8 Å². The molecule has 0 spiro atoms. The Morgan fingerprint density at radius 2 is 2.26 bits per heavy atom. The van der Waals surface area contributed by atoms with Gasteiger partial charge >= 0.3 is 0 Å². The van der Waals surface area contributed by atoms with Gasteiger partial charge in [-0.25, -0.2) is 0 Å². The highest BCUT2D eigenvalue weighted by atomic mass is 16.3. The molecule has 3 aliphatic heterocycles. The Balaban J connectivity index is 1.69. The Morgan fingerprint density at radius 3 is 3.00 bits per heavy atom. The average Bonchev–Trinajstić information content (AvgIpc) is 2.60. The summed E-state index contributed by atoms with van der Waals surface area (Å²) in [7, 11) is 0. The number of rotatable bonds is 3. The second-order valence-electron chi connectivity index (χ2n) is 6.87. The molecule has 4 nitrogen and oxygen atoms in total. The van der Waals surface area contributed by atoms with Crippen LogP contribution in [0.1, 0.15) is 24.5 Å². The zero-order chi connectivity index (χ0) is 16.0. The molecule has 5 atom stereocenters. The minimum atomic E-state index is -0.504. The number of piperidine rings is 3. The van der Waals surface area contributed by atoms with Crippen LogP contribution in [0.2, 0.25) is 0 Å². The highest BCUT2D eigenvalue weighted by molar-refractivity contribution is 5.85. The molecule has 3 aliphatic rings. The lowest BCUT2D eigenvalue weighted by molar-refractivity contribution is -0.0444. The van der Waals surface area contributed by atoms with Gasteiger partial charge in [0.15, 0.2) is 0 Å². The fourth-order valence-corrected chi connectivity index (χ4v) is 4.36. The van der Waals surface area contributed by atoms with E-state index in [1.54, 1.807) is 6.20 Å². The van der Waals surface area contributed by atoms with Gasteiger partial charge in [0, 0.05) is 29.9 Å². The first-order valence-electron chi connectivity index (χ1n) is 8.36. The van der Waals surface area contributed by atoms with Crippen molar-refractivity contribution in [3.63, 3.8) is 0 Å². The van der Waals surface area contributed by atoms with Gasteiger partial charge in [-0.15, -0.1) is 6.58 Å². The number of aliphatic hydroxyl groups is 1. The van der Waals surface area contributed by atoms with E-state index in [1.807, 2.05) is 24.3 Å². The van der Waals surface area contributed by atoms with Crippen LogP contribution in [-0.2, 0) is 0 Å². The second kappa shape index (κ2) is 5.62. The smallest absolute Gasteiger partial charge is 0.0952 e. The van der Waals surface area contributed by atoms with E-state index < -0.39 is 6.10 Å². The van der Waals surface area contributed by atoms with E-state index >= 15 is 0 Å². The summed E-state index contributed by atoms with van der Waals surface area (Å²) in [6, 6.07) is 7.80. The summed E-state index contributed by atoms with van der Waals surface area (Å²) in [5.41, 5.74) is 8.47. The number of aromatic nitrogens is 1. The Morgan fingerprint density at radius 1 is 1.39 bits per heavy atom. The third kappa shape index (κ3) is 2.42. The van der Waals surface area contributed by atoms with Gasteiger partial charge in [-0.05, 0) is 61.1 Å². The number of nitrogen functional groups attached to an aromatic ring is 1. The van der Waals surface area contributed by atoms with E-state index in [4.69, 9.17) is 5.73 Å². The van der Waals surface area contributed by atoms with Crippen LogP contribution in [0.25, 0.3) is 10.9 Å². The van der Waals surface area contributed by atoms with Gasteiger partial charge in [0.25, 0.3) is 0 Å². The third-order valence-electron chi connectivity index (χ3n) is 5.64. The number of fused-ring (bicyclic) bond motifs is 4. The molecule has 5 rings (SSSR count). The summed E-state index contributed by atoms with van der Waals surface area (Å²) in [5, 5.41) is 12.0. The van der Waals surface area contributed by atoms with Crippen LogP contribution in [0.15, 0.2) is 43.1 Å². The predicted molar refractivity (Wildman–Crippen MR) is 92.9 cm³/mol. The standard InChI is InChI=1S/C19H23N3O/c1-2-12-11-22-8-6-13(12)9-18(22)19(23)15-5-7-21-17-4-3-14(20)10-16(15)17/h2-5,7,10,12-13,18-19,23H,1,6,8-9,11,20H2/t12?,13-,18?,19-/m0/s1. The fourth-order valence-electron chi connectivity index (χ4n) is 4.36. The maximum Gasteiger partial charge on any atom is 0.0952 e. The Labute approximate surface area is 136 Å². The molecule has 1 aromatic heterocycles. The van der Waals surface area contributed by atoms with Crippen molar-refractivity contribution < 1.29 is 5.11 Å². The van der Waals surface area contributed by atoms with E-state index in [-0.39, 0.29) is 6.04 Å². The first kappa shape index (κ1) is 14.7. The quantitative estimate of drug-likeness (QED) is 0.676. The van der Waals surface area contributed by atoms with Crippen molar-refractivity contribution in [1.29, 1.82) is 0 Å². The zero-order valence-electron chi connectivity index (χ0n) is 13.2. The molecule has 0 saturated carbocycles. The highest BCUT2D eigenvalue weighted by Gasteiger charge is 2.42. The van der Waals surface area contributed by atoms with E-state index in [0.717, 1.165) is 36.0 Å². The van der Waals surface area contributed by atoms with Crippen molar-refractivity contribution in [3.05, 3.63) is 48.7 Å². The number of nitrogens with zero attached hydrogens (tertiary/aromatic N) is 2. The van der Waals surface area contributed by atoms with Crippen molar-refractivity contribution in [1.82, 2.24) is 9.88 Å². The third-order valence-corrected chi connectivity index (χ3v) is 5.64.